The first-order valence-electron chi connectivity index (χ1n) is 7.94. The van der Waals surface area contributed by atoms with Gasteiger partial charge in [-0.1, -0.05) is 5.16 Å². The molecule has 1 aromatic carbocycles. The second-order valence-electron chi connectivity index (χ2n) is 6.15. The maximum Gasteiger partial charge on any atom is 0.270 e. The summed E-state index contributed by atoms with van der Waals surface area (Å²) in [5, 5.41) is 4.63. The molecule has 1 fully saturated rings. The Kier molecular flexibility index (Phi) is 3.55. The van der Waals surface area contributed by atoms with Crippen LogP contribution in [0.4, 0.5) is 4.39 Å². The molecular weight excluding hydrogens is 311 g/mol. The van der Waals surface area contributed by atoms with Gasteiger partial charge in [-0.25, -0.2) is 4.39 Å². The lowest BCUT2D eigenvalue weighted by Crippen LogP contribution is -2.38. The lowest BCUT2D eigenvalue weighted by molar-refractivity contribution is 0.0701. The predicted octanol–water partition coefficient (Wildman–Crippen LogP) is 2.72. The first-order valence-corrected chi connectivity index (χ1v) is 7.94. The second-order valence-corrected chi connectivity index (χ2v) is 6.15. The molecule has 0 radical (unpaired) electrons. The van der Waals surface area contributed by atoms with Crippen LogP contribution in [0.3, 0.4) is 0 Å². The lowest BCUT2D eigenvalue weighted by Gasteiger charge is -2.30. The fraction of sp³-hybridized carbons (Fsp3) is 0.353. The van der Waals surface area contributed by atoms with Crippen molar-refractivity contribution in [2.45, 2.75) is 18.8 Å². The second kappa shape index (κ2) is 5.74. The molecule has 0 aliphatic carbocycles. The smallest absolute Gasteiger partial charge is 0.270 e. The SMILES string of the molecule is Cn1c(C(=O)N2CCC(c3ncon3)CC2)cc2cc(F)ccc21. The van der Waals surface area contributed by atoms with E-state index >= 15 is 0 Å². The van der Waals surface area contributed by atoms with E-state index in [1.165, 1.54) is 18.5 Å². The van der Waals surface area contributed by atoms with E-state index in [9.17, 15) is 9.18 Å². The molecule has 4 rings (SSSR count). The van der Waals surface area contributed by atoms with Crippen molar-refractivity contribution in [3.05, 3.63) is 48.0 Å². The molecule has 1 aliphatic rings. The van der Waals surface area contributed by atoms with Gasteiger partial charge in [-0.15, -0.1) is 0 Å². The number of aromatic nitrogens is 3. The number of carbonyl (C=O) groups is 1. The zero-order valence-corrected chi connectivity index (χ0v) is 13.3. The maximum absolute atomic E-state index is 13.4. The highest BCUT2D eigenvalue weighted by Gasteiger charge is 2.28. The average molecular weight is 328 g/mol. The predicted molar refractivity (Wildman–Crippen MR) is 85.1 cm³/mol. The highest BCUT2D eigenvalue weighted by molar-refractivity contribution is 5.98. The van der Waals surface area contributed by atoms with Crippen LogP contribution in [-0.4, -0.2) is 38.6 Å². The van der Waals surface area contributed by atoms with Gasteiger partial charge in [-0.3, -0.25) is 4.79 Å². The Balaban J connectivity index is 1.53. The largest absolute Gasteiger partial charge is 0.343 e. The normalized spacial score (nSPS) is 16.0. The van der Waals surface area contributed by atoms with Crippen LogP contribution in [0.25, 0.3) is 10.9 Å². The van der Waals surface area contributed by atoms with E-state index < -0.39 is 0 Å². The number of rotatable bonds is 2. The van der Waals surface area contributed by atoms with Crippen molar-refractivity contribution < 1.29 is 13.7 Å². The number of amides is 1. The molecule has 24 heavy (non-hydrogen) atoms. The van der Waals surface area contributed by atoms with E-state index in [0.29, 0.717) is 24.6 Å². The van der Waals surface area contributed by atoms with Crippen LogP contribution in [0, 0.1) is 5.82 Å². The van der Waals surface area contributed by atoms with Crippen molar-refractivity contribution in [2.24, 2.45) is 7.05 Å². The summed E-state index contributed by atoms with van der Waals surface area (Å²) in [6.07, 6.45) is 2.95. The van der Waals surface area contributed by atoms with Crippen LogP contribution in [-0.2, 0) is 7.05 Å². The summed E-state index contributed by atoms with van der Waals surface area (Å²) in [5.74, 6) is 0.616. The molecule has 2 aromatic heterocycles. The number of halogens is 1. The maximum atomic E-state index is 13.4. The van der Waals surface area contributed by atoms with Crippen molar-refractivity contribution in [2.75, 3.05) is 13.1 Å². The number of likely N-dealkylation sites (tertiary alicyclic amines) is 1. The van der Waals surface area contributed by atoms with Crippen molar-refractivity contribution in [1.29, 1.82) is 0 Å². The molecule has 0 saturated carbocycles. The van der Waals surface area contributed by atoms with Crippen LogP contribution in [0.15, 0.2) is 35.2 Å². The summed E-state index contributed by atoms with van der Waals surface area (Å²) in [4.78, 5) is 18.8. The number of hydrogen-bond donors (Lipinski definition) is 0. The Morgan fingerprint density at radius 3 is 2.79 bits per heavy atom. The van der Waals surface area contributed by atoms with Gasteiger partial charge in [0.1, 0.15) is 11.5 Å². The molecule has 0 unspecified atom stereocenters. The number of nitrogens with zero attached hydrogens (tertiary/aromatic N) is 4. The molecule has 0 atom stereocenters. The van der Waals surface area contributed by atoms with Gasteiger partial charge in [0.05, 0.1) is 0 Å². The summed E-state index contributed by atoms with van der Waals surface area (Å²) in [6.45, 7) is 1.29. The quantitative estimate of drug-likeness (QED) is 0.725. The van der Waals surface area contributed by atoms with E-state index in [4.69, 9.17) is 4.52 Å². The van der Waals surface area contributed by atoms with Gasteiger partial charge in [0, 0.05) is 37.0 Å². The molecule has 1 amide bonds. The van der Waals surface area contributed by atoms with Crippen LogP contribution >= 0.6 is 0 Å². The highest BCUT2D eigenvalue weighted by atomic mass is 19.1. The first-order chi connectivity index (χ1) is 11.6. The average Bonchev–Trinajstić information content (AvgIpc) is 3.23. The molecule has 3 heterocycles. The number of carbonyl (C=O) groups excluding carboxylic acids is 1. The van der Waals surface area contributed by atoms with Gasteiger partial charge >= 0.3 is 0 Å². The third kappa shape index (κ3) is 2.46. The molecule has 0 bridgehead atoms. The summed E-state index contributed by atoms with van der Waals surface area (Å²) in [5.41, 5.74) is 1.43. The van der Waals surface area contributed by atoms with Crippen molar-refractivity contribution >= 4 is 16.8 Å². The molecule has 7 heteroatoms. The fourth-order valence-corrected chi connectivity index (χ4v) is 3.39. The fourth-order valence-electron chi connectivity index (χ4n) is 3.39. The van der Waals surface area contributed by atoms with Gasteiger partial charge in [0.2, 0.25) is 6.39 Å². The molecule has 0 spiro atoms. The van der Waals surface area contributed by atoms with E-state index in [0.717, 1.165) is 23.7 Å². The van der Waals surface area contributed by atoms with Gasteiger partial charge in [0.15, 0.2) is 5.82 Å². The van der Waals surface area contributed by atoms with Crippen molar-refractivity contribution in [3.8, 4) is 0 Å². The first kappa shape index (κ1) is 14.9. The van der Waals surface area contributed by atoms with Crippen LogP contribution in [0.2, 0.25) is 0 Å². The minimum Gasteiger partial charge on any atom is -0.343 e. The van der Waals surface area contributed by atoms with Crippen LogP contribution in [0.1, 0.15) is 35.1 Å². The highest BCUT2D eigenvalue weighted by Crippen LogP contribution is 2.27. The number of aryl methyl sites for hydroxylation is 1. The molecule has 6 nitrogen and oxygen atoms in total. The number of fused-ring (bicyclic) bond motifs is 1. The number of benzene rings is 1. The van der Waals surface area contributed by atoms with Crippen molar-refractivity contribution in [1.82, 2.24) is 19.6 Å². The van der Waals surface area contributed by atoms with Gasteiger partial charge < -0.3 is 14.0 Å². The minimum atomic E-state index is -0.298. The Morgan fingerprint density at radius 1 is 1.29 bits per heavy atom. The molecule has 1 saturated heterocycles. The van der Waals surface area contributed by atoms with Gasteiger partial charge in [-0.2, -0.15) is 4.98 Å². The molecule has 1 aliphatic heterocycles. The summed E-state index contributed by atoms with van der Waals surface area (Å²) in [7, 11) is 1.83. The molecule has 3 aromatic rings. The standard InChI is InChI=1S/C17H17FN4O2/c1-21-14-3-2-13(18)8-12(14)9-15(21)17(23)22-6-4-11(5-7-22)16-19-10-24-20-16/h2-3,8-11H,4-7H2,1H3. The summed E-state index contributed by atoms with van der Waals surface area (Å²) >= 11 is 0. The zero-order chi connectivity index (χ0) is 16.7. The van der Waals surface area contributed by atoms with E-state index in [1.54, 1.807) is 12.1 Å². The Hall–Kier alpha value is -2.70. The van der Waals surface area contributed by atoms with E-state index in [2.05, 4.69) is 10.1 Å². The van der Waals surface area contributed by atoms with Gasteiger partial charge in [-0.05, 0) is 37.1 Å². The number of piperidine rings is 1. The van der Waals surface area contributed by atoms with Crippen LogP contribution < -0.4 is 0 Å². The van der Waals surface area contributed by atoms with Crippen molar-refractivity contribution in [3.63, 3.8) is 0 Å². The van der Waals surface area contributed by atoms with Gasteiger partial charge in [0.25, 0.3) is 5.91 Å². The number of hydrogen-bond acceptors (Lipinski definition) is 4. The summed E-state index contributed by atoms with van der Waals surface area (Å²) < 4.78 is 20.0. The molecule has 0 N–H and O–H groups in total. The lowest BCUT2D eigenvalue weighted by atomic mass is 9.96. The Labute approximate surface area is 137 Å². The third-order valence-corrected chi connectivity index (χ3v) is 4.75. The monoisotopic (exact) mass is 328 g/mol. The Bertz CT molecular complexity index is 880. The van der Waals surface area contributed by atoms with Crippen LogP contribution in [0.5, 0.6) is 0 Å². The van der Waals surface area contributed by atoms with E-state index in [1.807, 2.05) is 16.5 Å². The Morgan fingerprint density at radius 2 is 2.08 bits per heavy atom. The third-order valence-electron chi connectivity index (χ3n) is 4.75. The molecular formula is C17H17FN4O2. The molecule has 124 valence electrons. The summed E-state index contributed by atoms with van der Waals surface area (Å²) in [6, 6.07) is 6.32. The zero-order valence-electron chi connectivity index (χ0n) is 13.3. The topological polar surface area (TPSA) is 64.2 Å². The van der Waals surface area contributed by atoms with E-state index in [-0.39, 0.29) is 17.6 Å². The minimum absolute atomic E-state index is 0.0272.